The Kier molecular flexibility index (Phi) is 9.63. The molecule has 0 aliphatic rings. The second-order valence-electron chi connectivity index (χ2n) is 8.42. The lowest BCUT2D eigenvalue weighted by molar-refractivity contribution is -0.143. The van der Waals surface area contributed by atoms with E-state index in [2.05, 4.69) is 16.7 Å². The molecular weight excluding hydrogens is 370 g/mol. The van der Waals surface area contributed by atoms with Crippen LogP contribution in [0.1, 0.15) is 46.6 Å². The molecule has 1 aromatic rings. The van der Waals surface area contributed by atoms with E-state index >= 15 is 0 Å². The summed E-state index contributed by atoms with van der Waals surface area (Å²) in [7, 11) is 1.32. The number of alkyl carbamates (subject to hydrolysis) is 1. The zero-order valence-corrected chi connectivity index (χ0v) is 18.2. The van der Waals surface area contributed by atoms with E-state index in [1.165, 1.54) is 7.11 Å². The molecule has 0 aliphatic heterocycles. The van der Waals surface area contributed by atoms with Crippen LogP contribution in [0.3, 0.4) is 0 Å². The molecular formula is C22H33N3O4. The van der Waals surface area contributed by atoms with E-state index in [0.29, 0.717) is 12.8 Å². The third-order valence-corrected chi connectivity index (χ3v) is 4.12. The Morgan fingerprint density at radius 1 is 1.17 bits per heavy atom. The van der Waals surface area contributed by atoms with Crippen LogP contribution < -0.4 is 10.6 Å². The maximum absolute atomic E-state index is 12.4. The van der Waals surface area contributed by atoms with Crippen molar-refractivity contribution in [2.24, 2.45) is 5.92 Å². The Hall–Kier alpha value is -2.59. The van der Waals surface area contributed by atoms with Gasteiger partial charge in [0.2, 0.25) is 0 Å². The highest BCUT2D eigenvalue weighted by Gasteiger charge is 2.31. The van der Waals surface area contributed by atoms with Gasteiger partial charge in [0.05, 0.1) is 19.2 Å². The molecule has 0 bridgehead atoms. The van der Waals surface area contributed by atoms with Crippen LogP contribution in [0.25, 0.3) is 0 Å². The van der Waals surface area contributed by atoms with Crippen molar-refractivity contribution in [2.75, 3.05) is 7.11 Å². The van der Waals surface area contributed by atoms with Gasteiger partial charge in [-0.15, -0.1) is 0 Å². The molecule has 0 radical (unpaired) electrons. The van der Waals surface area contributed by atoms with Crippen molar-refractivity contribution in [2.45, 2.75) is 71.2 Å². The summed E-state index contributed by atoms with van der Waals surface area (Å²) in [5.41, 5.74) is 0.289. The molecule has 0 saturated carbocycles. The number of esters is 1. The van der Waals surface area contributed by atoms with E-state index in [0.717, 1.165) is 5.56 Å². The minimum atomic E-state index is -0.814. The topological polar surface area (TPSA) is 100 Å². The van der Waals surface area contributed by atoms with E-state index in [1.54, 1.807) is 20.8 Å². The van der Waals surface area contributed by atoms with Crippen molar-refractivity contribution in [1.29, 1.82) is 5.26 Å². The molecule has 0 aliphatic carbocycles. The van der Waals surface area contributed by atoms with Crippen LogP contribution >= 0.6 is 0 Å². The quantitative estimate of drug-likeness (QED) is 0.614. The Bertz CT molecular complexity index is 692. The highest BCUT2D eigenvalue weighted by Crippen LogP contribution is 2.13. The lowest BCUT2D eigenvalue weighted by Gasteiger charge is -2.29. The molecule has 0 unspecified atom stereocenters. The van der Waals surface area contributed by atoms with Gasteiger partial charge in [0.25, 0.3) is 0 Å². The van der Waals surface area contributed by atoms with Crippen LogP contribution in [0, 0.1) is 17.2 Å². The number of hydrogen-bond donors (Lipinski definition) is 2. The number of amides is 1. The van der Waals surface area contributed by atoms with Crippen molar-refractivity contribution < 1.29 is 19.1 Å². The van der Waals surface area contributed by atoms with Gasteiger partial charge in [-0.25, -0.2) is 4.79 Å². The van der Waals surface area contributed by atoms with Crippen molar-refractivity contribution in [3.05, 3.63) is 35.9 Å². The normalized spacial score (nSPS) is 14.4. The van der Waals surface area contributed by atoms with Crippen molar-refractivity contribution in [1.82, 2.24) is 10.6 Å². The van der Waals surface area contributed by atoms with Gasteiger partial charge in [-0.2, -0.15) is 5.26 Å². The van der Waals surface area contributed by atoms with Crippen LogP contribution in [0.2, 0.25) is 0 Å². The Morgan fingerprint density at radius 3 is 2.28 bits per heavy atom. The summed E-state index contributed by atoms with van der Waals surface area (Å²) < 4.78 is 10.2. The predicted octanol–water partition coefficient (Wildman–Crippen LogP) is 3.19. The molecule has 2 N–H and O–H groups in total. The summed E-state index contributed by atoms with van der Waals surface area (Å²) in [6, 6.07) is 9.65. The molecule has 0 fully saturated rings. The number of carbonyl (C=O) groups is 2. The van der Waals surface area contributed by atoms with Gasteiger partial charge < -0.3 is 14.8 Å². The fraction of sp³-hybridized carbons (Fsp3) is 0.591. The van der Waals surface area contributed by atoms with E-state index in [-0.39, 0.29) is 5.92 Å². The molecule has 160 valence electrons. The van der Waals surface area contributed by atoms with Crippen molar-refractivity contribution in [3.8, 4) is 6.07 Å². The van der Waals surface area contributed by atoms with Crippen LogP contribution in [-0.4, -0.2) is 42.9 Å². The van der Waals surface area contributed by atoms with Crippen molar-refractivity contribution in [3.63, 3.8) is 0 Å². The average Bonchev–Trinajstić information content (AvgIpc) is 2.63. The smallest absolute Gasteiger partial charge is 0.407 e. The molecule has 0 aromatic heterocycles. The summed E-state index contributed by atoms with van der Waals surface area (Å²) in [6.45, 7) is 9.29. The highest BCUT2D eigenvalue weighted by molar-refractivity contribution is 5.75. The molecule has 0 spiro atoms. The second-order valence-corrected chi connectivity index (χ2v) is 8.42. The zero-order chi connectivity index (χ0) is 22.0. The molecule has 7 heteroatoms. The summed E-state index contributed by atoms with van der Waals surface area (Å²) in [4.78, 5) is 24.6. The third-order valence-electron chi connectivity index (χ3n) is 4.12. The second kappa shape index (κ2) is 11.4. The van der Waals surface area contributed by atoms with Crippen LogP contribution in [0.5, 0.6) is 0 Å². The van der Waals surface area contributed by atoms with Crippen LogP contribution in [0.4, 0.5) is 4.79 Å². The number of ether oxygens (including phenoxy) is 2. The first kappa shape index (κ1) is 24.4. The molecule has 3 atom stereocenters. The minimum absolute atomic E-state index is 0.220. The van der Waals surface area contributed by atoms with Crippen LogP contribution in [-0.2, 0) is 20.7 Å². The van der Waals surface area contributed by atoms with Gasteiger partial charge in [0.1, 0.15) is 17.7 Å². The SMILES string of the molecule is COC(=O)[C@H](CC(C)C)N[C@@H](C#N)[C@H](Cc1ccccc1)NC(=O)OC(C)(C)C. The predicted molar refractivity (Wildman–Crippen MR) is 111 cm³/mol. The summed E-state index contributed by atoms with van der Waals surface area (Å²) >= 11 is 0. The van der Waals surface area contributed by atoms with Gasteiger partial charge >= 0.3 is 12.1 Å². The fourth-order valence-corrected chi connectivity index (χ4v) is 2.89. The highest BCUT2D eigenvalue weighted by atomic mass is 16.6. The van der Waals surface area contributed by atoms with E-state index in [1.807, 2.05) is 44.2 Å². The van der Waals surface area contributed by atoms with E-state index < -0.39 is 35.8 Å². The van der Waals surface area contributed by atoms with E-state index in [9.17, 15) is 14.9 Å². The minimum Gasteiger partial charge on any atom is -0.468 e. The van der Waals surface area contributed by atoms with Gasteiger partial charge in [-0.3, -0.25) is 10.1 Å². The third kappa shape index (κ3) is 9.44. The first-order valence-corrected chi connectivity index (χ1v) is 9.82. The molecule has 1 aromatic carbocycles. The van der Waals surface area contributed by atoms with Gasteiger partial charge in [0, 0.05) is 0 Å². The first-order chi connectivity index (χ1) is 13.6. The van der Waals surface area contributed by atoms with E-state index in [4.69, 9.17) is 9.47 Å². The first-order valence-electron chi connectivity index (χ1n) is 9.82. The van der Waals surface area contributed by atoms with Crippen LogP contribution in [0.15, 0.2) is 30.3 Å². The Balaban J connectivity index is 3.06. The van der Waals surface area contributed by atoms with Gasteiger partial charge in [-0.1, -0.05) is 44.2 Å². The number of nitrogens with one attached hydrogen (secondary N) is 2. The lowest BCUT2D eigenvalue weighted by Crippen LogP contribution is -2.55. The number of benzene rings is 1. The number of hydrogen-bond acceptors (Lipinski definition) is 6. The number of carbonyl (C=O) groups excluding carboxylic acids is 2. The molecule has 1 amide bonds. The largest absolute Gasteiger partial charge is 0.468 e. The van der Waals surface area contributed by atoms with Crippen molar-refractivity contribution >= 4 is 12.1 Å². The lowest BCUT2D eigenvalue weighted by atomic mass is 9.97. The summed E-state index contributed by atoms with van der Waals surface area (Å²) in [5.74, 6) is -0.216. The number of rotatable bonds is 9. The summed E-state index contributed by atoms with van der Waals surface area (Å²) in [6.07, 6.45) is 0.301. The standard InChI is InChI=1S/C22H33N3O4/c1-15(2)12-18(20(26)28-6)24-19(14-23)17(13-16-10-8-7-9-11-16)25-21(27)29-22(3,4)5/h7-11,15,17-19,24H,12-13H2,1-6H3,(H,25,27)/t17-,18-,19-/m0/s1. The molecule has 1 rings (SSSR count). The molecule has 7 nitrogen and oxygen atoms in total. The average molecular weight is 404 g/mol. The number of methoxy groups -OCH3 is 1. The number of nitriles is 1. The Labute approximate surface area is 173 Å². The monoisotopic (exact) mass is 403 g/mol. The molecule has 29 heavy (non-hydrogen) atoms. The fourth-order valence-electron chi connectivity index (χ4n) is 2.89. The summed E-state index contributed by atoms with van der Waals surface area (Å²) in [5, 5.41) is 15.7. The maximum atomic E-state index is 12.4. The molecule has 0 saturated heterocycles. The zero-order valence-electron chi connectivity index (χ0n) is 18.2. The number of nitrogens with zero attached hydrogens (tertiary/aromatic N) is 1. The van der Waals surface area contributed by atoms with Gasteiger partial charge in [-0.05, 0) is 45.1 Å². The Morgan fingerprint density at radius 2 is 1.79 bits per heavy atom. The maximum Gasteiger partial charge on any atom is 0.407 e. The van der Waals surface area contributed by atoms with Gasteiger partial charge in [0.15, 0.2) is 0 Å². The molecule has 0 heterocycles.